The van der Waals surface area contributed by atoms with Crippen LogP contribution in [0.4, 0.5) is 0 Å². The number of hydrogen-bond acceptors (Lipinski definition) is 4. The summed E-state index contributed by atoms with van der Waals surface area (Å²) in [4.78, 5) is 12.4. The molecular weight excluding hydrogens is 438 g/mol. The zero-order valence-electron chi connectivity index (χ0n) is 20.5. The van der Waals surface area contributed by atoms with Crippen LogP contribution in [0.1, 0.15) is 89.7 Å². The fraction of sp³-hybridized carbons (Fsp3) is 0.640. The first-order valence-electron chi connectivity index (χ1n) is 12.4. The minimum absolute atomic E-state index is 0.161. The minimum atomic E-state index is -3.59. The van der Waals surface area contributed by atoms with Crippen LogP contribution < -0.4 is 10.3 Å². The van der Waals surface area contributed by atoms with Crippen LogP contribution in [0, 0.1) is 6.92 Å². The predicted octanol–water partition coefficient (Wildman–Crippen LogP) is 5.17. The number of hydrogen-bond donors (Lipinski definition) is 2. The molecule has 8 heteroatoms. The summed E-state index contributed by atoms with van der Waals surface area (Å²) in [7, 11) is -1.93. The summed E-state index contributed by atoms with van der Waals surface area (Å²) in [6.45, 7) is 4.31. The van der Waals surface area contributed by atoms with Crippen LogP contribution in [0.5, 0.6) is 5.75 Å². The Morgan fingerprint density at radius 3 is 1.79 bits per heavy atom. The maximum Gasteiger partial charge on any atom is 0.313 e. The van der Waals surface area contributed by atoms with Crippen LogP contribution in [-0.2, 0) is 17.1 Å². The van der Waals surface area contributed by atoms with Gasteiger partial charge in [0.05, 0.1) is 16.3 Å². The van der Waals surface area contributed by atoms with Gasteiger partial charge in [-0.3, -0.25) is 9.48 Å². The molecule has 0 saturated heterocycles. The molecule has 33 heavy (non-hydrogen) atoms. The van der Waals surface area contributed by atoms with Crippen LogP contribution in [0.2, 0.25) is 0 Å². The molecule has 0 unspecified atom stereocenters. The molecule has 0 saturated carbocycles. The molecule has 186 valence electrons. The number of nitrogens with zero attached hydrogens (tertiary/aromatic N) is 2. The Kier molecular flexibility index (Phi) is 11.2. The van der Waals surface area contributed by atoms with Gasteiger partial charge in [-0.15, -0.1) is 0 Å². The lowest BCUT2D eigenvalue weighted by atomic mass is 10.1. The molecule has 0 amide bonds. The van der Waals surface area contributed by atoms with Crippen molar-refractivity contribution in [1.29, 1.82) is 0 Å². The van der Waals surface area contributed by atoms with Crippen molar-refractivity contribution in [2.45, 2.75) is 95.8 Å². The third kappa shape index (κ3) is 8.03. The van der Waals surface area contributed by atoms with Gasteiger partial charge in [0.25, 0.3) is 0 Å². The van der Waals surface area contributed by atoms with Gasteiger partial charge in [0.1, 0.15) is 0 Å². The first-order valence-corrected chi connectivity index (χ1v) is 13.9. The Morgan fingerprint density at radius 2 is 1.33 bits per heavy atom. The van der Waals surface area contributed by atoms with Crippen molar-refractivity contribution in [3.8, 4) is 11.4 Å². The Balaban J connectivity index is 1.69. The fourth-order valence-corrected chi connectivity index (χ4v) is 5.08. The molecule has 1 aromatic carbocycles. The van der Waals surface area contributed by atoms with Crippen LogP contribution in [0.15, 0.2) is 34.0 Å². The van der Waals surface area contributed by atoms with Crippen LogP contribution in [0.25, 0.3) is 5.69 Å². The van der Waals surface area contributed by atoms with E-state index in [-0.39, 0.29) is 10.6 Å². The molecule has 0 aliphatic carbocycles. The second-order valence-electron chi connectivity index (χ2n) is 8.86. The van der Waals surface area contributed by atoms with Crippen molar-refractivity contribution in [1.82, 2.24) is 14.1 Å². The molecule has 0 radical (unpaired) electrons. The molecular formula is C25H41N3O4S. The van der Waals surface area contributed by atoms with E-state index in [4.69, 9.17) is 0 Å². The first kappa shape index (κ1) is 27.2. The Bertz CT molecular complexity index is 1010. The van der Waals surface area contributed by atoms with Gasteiger partial charge in [-0.25, -0.2) is 17.8 Å². The lowest BCUT2D eigenvalue weighted by Crippen LogP contribution is -2.25. The second kappa shape index (κ2) is 13.6. The number of rotatable bonds is 16. The zero-order chi connectivity index (χ0) is 24.3. The predicted molar refractivity (Wildman–Crippen MR) is 134 cm³/mol. The van der Waals surface area contributed by atoms with E-state index in [0.29, 0.717) is 17.9 Å². The van der Waals surface area contributed by atoms with Gasteiger partial charge in [0, 0.05) is 13.6 Å². The highest BCUT2D eigenvalue weighted by Crippen LogP contribution is 2.17. The molecule has 0 spiro atoms. The highest BCUT2D eigenvalue weighted by molar-refractivity contribution is 7.89. The van der Waals surface area contributed by atoms with Gasteiger partial charge < -0.3 is 5.11 Å². The molecule has 2 aromatic rings. The van der Waals surface area contributed by atoms with E-state index in [1.54, 1.807) is 26.1 Å². The smallest absolute Gasteiger partial charge is 0.313 e. The van der Waals surface area contributed by atoms with Crippen LogP contribution in [0.3, 0.4) is 0 Å². The number of benzene rings is 1. The molecule has 1 aromatic heterocycles. The van der Waals surface area contributed by atoms with Gasteiger partial charge in [-0.2, -0.15) is 0 Å². The van der Waals surface area contributed by atoms with Crippen molar-refractivity contribution in [3.63, 3.8) is 0 Å². The van der Waals surface area contributed by atoms with E-state index in [2.05, 4.69) is 11.6 Å². The van der Waals surface area contributed by atoms with E-state index in [1.807, 2.05) is 0 Å². The molecule has 0 bridgehead atoms. The maximum atomic E-state index is 12.5. The first-order chi connectivity index (χ1) is 15.8. The number of aromatic hydroxyl groups is 1. The summed E-state index contributed by atoms with van der Waals surface area (Å²) in [5.74, 6) is -0.307. The molecule has 0 atom stereocenters. The highest BCUT2D eigenvalue weighted by atomic mass is 32.2. The Hall–Kier alpha value is -2.06. The largest absolute Gasteiger partial charge is 0.502 e. The standard InChI is InChI=1S/C25H41N3O4S/c1-4-5-6-7-8-9-10-11-12-13-14-15-20-26-33(31,32)23-18-16-22(17-19-23)28-25(30)24(29)21(2)27(28)3/h16-19,26,29H,4-15,20H2,1-3H3. The summed E-state index contributed by atoms with van der Waals surface area (Å²) >= 11 is 0. The average Bonchev–Trinajstić information content (AvgIpc) is 2.99. The lowest BCUT2D eigenvalue weighted by Gasteiger charge is -2.10. The quantitative estimate of drug-likeness (QED) is 0.325. The van der Waals surface area contributed by atoms with Crippen molar-refractivity contribution in [3.05, 3.63) is 40.3 Å². The van der Waals surface area contributed by atoms with Gasteiger partial charge in [-0.05, 0) is 37.6 Å². The Morgan fingerprint density at radius 1 is 0.848 bits per heavy atom. The number of sulfonamides is 1. The fourth-order valence-electron chi connectivity index (χ4n) is 4.01. The lowest BCUT2D eigenvalue weighted by molar-refractivity contribution is 0.465. The summed E-state index contributed by atoms with van der Waals surface area (Å²) in [6.07, 6.45) is 14.9. The van der Waals surface area contributed by atoms with Crippen molar-refractivity contribution < 1.29 is 13.5 Å². The topological polar surface area (TPSA) is 93.3 Å². The molecule has 1 heterocycles. The zero-order valence-corrected chi connectivity index (χ0v) is 21.3. The molecule has 7 nitrogen and oxygen atoms in total. The SMILES string of the molecule is CCCCCCCCCCCCCCNS(=O)(=O)c1ccc(-n2c(=O)c(O)c(C)n2C)cc1. The second-order valence-corrected chi connectivity index (χ2v) is 10.6. The normalized spacial score (nSPS) is 11.8. The number of nitrogens with one attached hydrogen (secondary N) is 1. The molecule has 0 aliphatic rings. The van der Waals surface area contributed by atoms with Crippen molar-refractivity contribution in [2.75, 3.05) is 6.54 Å². The van der Waals surface area contributed by atoms with Gasteiger partial charge in [-0.1, -0.05) is 77.6 Å². The maximum absolute atomic E-state index is 12.5. The van der Waals surface area contributed by atoms with E-state index in [9.17, 15) is 18.3 Å². The summed E-state index contributed by atoms with van der Waals surface area (Å²) in [5.41, 5.74) is 0.405. The van der Waals surface area contributed by atoms with Crippen molar-refractivity contribution >= 4 is 10.0 Å². The van der Waals surface area contributed by atoms with Crippen molar-refractivity contribution in [2.24, 2.45) is 7.05 Å². The molecule has 0 fully saturated rings. The van der Waals surface area contributed by atoms with E-state index >= 15 is 0 Å². The van der Waals surface area contributed by atoms with Gasteiger partial charge >= 0.3 is 5.56 Å². The van der Waals surface area contributed by atoms with E-state index < -0.39 is 15.6 Å². The summed E-state index contributed by atoms with van der Waals surface area (Å²) in [6, 6.07) is 6.09. The number of unbranched alkanes of at least 4 members (excludes halogenated alkanes) is 11. The number of aromatic nitrogens is 2. The van der Waals surface area contributed by atoms with Gasteiger partial charge in [0.2, 0.25) is 15.8 Å². The highest BCUT2D eigenvalue weighted by Gasteiger charge is 2.17. The average molecular weight is 480 g/mol. The van der Waals surface area contributed by atoms with Gasteiger partial charge in [0.15, 0.2) is 0 Å². The molecule has 2 N–H and O–H groups in total. The summed E-state index contributed by atoms with van der Waals surface area (Å²) in [5, 5.41) is 9.84. The monoisotopic (exact) mass is 479 g/mol. The summed E-state index contributed by atoms with van der Waals surface area (Å²) < 4.78 is 30.6. The third-order valence-electron chi connectivity index (χ3n) is 6.24. The van der Waals surface area contributed by atoms with Crippen LogP contribution >= 0.6 is 0 Å². The van der Waals surface area contributed by atoms with E-state index in [1.165, 1.54) is 79.3 Å². The Labute approximate surface area is 198 Å². The molecule has 2 rings (SSSR count). The minimum Gasteiger partial charge on any atom is -0.502 e. The van der Waals surface area contributed by atoms with E-state index in [0.717, 1.165) is 19.3 Å². The van der Waals surface area contributed by atoms with Crippen LogP contribution in [-0.4, -0.2) is 29.4 Å². The third-order valence-corrected chi connectivity index (χ3v) is 7.71. The molecule has 0 aliphatic heterocycles.